The third kappa shape index (κ3) is 2.08. The molecule has 2 rings (SSSR count). The molecule has 0 spiro atoms. The van der Waals surface area contributed by atoms with Gasteiger partial charge >= 0.3 is 0 Å². The predicted molar refractivity (Wildman–Crippen MR) is 64.1 cm³/mol. The molecule has 0 aliphatic heterocycles. The lowest BCUT2D eigenvalue weighted by atomic mass is 10.3. The van der Waals surface area contributed by atoms with Crippen LogP contribution >= 0.6 is 0 Å². The van der Waals surface area contributed by atoms with Gasteiger partial charge in [-0.1, -0.05) is 12.1 Å². The van der Waals surface area contributed by atoms with Crippen molar-refractivity contribution in [1.82, 2.24) is 14.5 Å². The number of aromatic nitrogens is 2. The number of methoxy groups -OCH3 is 1. The normalized spacial score (nSPS) is 11.5. The number of hydrogen-bond acceptors (Lipinski definition) is 3. The summed E-state index contributed by atoms with van der Waals surface area (Å²) in [6.45, 7) is 1.36. The fraction of sp³-hybridized carbons (Fsp3) is 0.417. The Morgan fingerprint density at radius 1 is 1.31 bits per heavy atom. The van der Waals surface area contributed by atoms with Crippen LogP contribution in [0.15, 0.2) is 24.3 Å². The lowest BCUT2D eigenvalue weighted by Gasteiger charge is -2.11. The Morgan fingerprint density at radius 3 is 2.75 bits per heavy atom. The highest BCUT2D eigenvalue weighted by molar-refractivity contribution is 5.75. The number of hydrogen-bond donors (Lipinski definition) is 0. The van der Waals surface area contributed by atoms with Gasteiger partial charge in [0.05, 0.1) is 17.6 Å². The molecule has 1 heterocycles. The summed E-state index contributed by atoms with van der Waals surface area (Å²) in [6.07, 6.45) is 0. The fourth-order valence-electron chi connectivity index (χ4n) is 1.80. The standard InChI is InChI=1S/C12H17N3O/c1-14(2)8-12-13-10-6-4-5-7-11(10)15(12)9-16-3/h4-7H,8-9H2,1-3H3. The molecule has 0 bridgehead atoms. The minimum absolute atomic E-state index is 0.545. The van der Waals surface area contributed by atoms with Crippen molar-refractivity contribution in [1.29, 1.82) is 0 Å². The topological polar surface area (TPSA) is 30.3 Å². The van der Waals surface area contributed by atoms with Gasteiger partial charge in [-0.25, -0.2) is 4.98 Å². The number of benzene rings is 1. The summed E-state index contributed by atoms with van der Waals surface area (Å²) in [6, 6.07) is 8.13. The predicted octanol–water partition coefficient (Wildman–Crippen LogP) is 1.70. The van der Waals surface area contributed by atoms with Gasteiger partial charge in [-0.05, 0) is 26.2 Å². The van der Waals surface area contributed by atoms with Crippen molar-refractivity contribution in [2.75, 3.05) is 21.2 Å². The number of imidazole rings is 1. The molecule has 1 aromatic heterocycles. The van der Waals surface area contributed by atoms with Gasteiger partial charge in [0.2, 0.25) is 0 Å². The molecule has 0 N–H and O–H groups in total. The molecule has 86 valence electrons. The highest BCUT2D eigenvalue weighted by atomic mass is 16.5. The van der Waals surface area contributed by atoms with Gasteiger partial charge in [0.1, 0.15) is 12.6 Å². The molecule has 0 saturated heterocycles. The molecular weight excluding hydrogens is 202 g/mol. The van der Waals surface area contributed by atoms with Crippen molar-refractivity contribution < 1.29 is 4.74 Å². The summed E-state index contributed by atoms with van der Waals surface area (Å²) >= 11 is 0. The first-order valence-corrected chi connectivity index (χ1v) is 5.30. The summed E-state index contributed by atoms with van der Waals surface area (Å²) in [5.41, 5.74) is 2.15. The molecule has 4 nitrogen and oxygen atoms in total. The van der Waals surface area contributed by atoms with Gasteiger partial charge in [0.15, 0.2) is 0 Å². The van der Waals surface area contributed by atoms with Crippen molar-refractivity contribution in [3.05, 3.63) is 30.1 Å². The molecule has 0 aliphatic rings. The van der Waals surface area contributed by atoms with Crippen LogP contribution in [0.5, 0.6) is 0 Å². The summed E-state index contributed by atoms with van der Waals surface area (Å²) < 4.78 is 7.33. The molecule has 0 unspecified atom stereocenters. The monoisotopic (exact) mass is 219 g/mol. The van der Waals surface area contributed by atoms with Crippen LogP contribution in [-0.4, -0.2) is 35.7 Å². The largest absolute Gasteiger partial charge is 0.364 e. The van der Waals surface area contributed by atoms with E-state index >= 15 is 0 Å². The van der Waals surface area contributed by atoms with E-state index in [1.807, 2.05) is 32.3 Å². The van der Waals surface area contributed by atoms with Gasteiger partial charge in [-0.2, -0.15) is 0 Å². The number of fused-ring (bicyclic) bond motifs is 1. The van der Waals surface area contributed by atoms with E-state index in [9.17, 15) is 0 Å². The van der Waals surface area contributed by atoms with E-state index < -0.39 is 0 Å². The average Bonchev–Trinajstić information content (AvgIpc) is 2.57. The molecule has 0 amide bonds. The van der Waals surface area contributed by atoms with Crippen LogP contribution in [0, 0.1) is 0 Å². The van der Waals surface area contributed by atoms with Crippen LogP contribution in [-0.2, 0) is 18.0 Å². The maximum Gasteiger partial charge on any atom is 0.125 e. The van der Waals surface area contributed by atoms with Crippen LogP contribution in [0.4, 0.5) is 0 Å². The van der Waals surface area contributed by atoms with Crippen LogP contribution in [0.2, 0.25) is 0 Å². The third-order valence-corrected chi connectivity index (χ3v) is 2.45. The first-order valence-electron chi connectivity index (χ1n) is 5.30. The van der Waals surface area contributed by atoms with Crippen molar-refractivity contribution in [3.8, 4) is 0 Å². The summed E-state index contributed by atoms with van der Waals surface area (Å²) in [5.74, 6) is 1.04. The van der Waals surface area contributed by atoms with Crippen molar-refractivity contribution in [2.24, 2.45) is 0 Å². The Labute approximate surface area is 95.4 Å². The lowest BCUT2D eigenvalue weighted by Crippen LogP contribution is -2.16. The molecule has 2 aromatic rings. The second-order valence-corrected chi connectivity index (χ2v) is 4.10. The van der Waals surface area contributed by atoms with Gasteiger partial charge in [-0.15, -0.1) is 0 Å². The van der Waals surface area contributed by atoms with E-state index in [-0.39, 0.29) is 0 Å². The Balaban J connectivity index is 2.49. The fourth-order valence-corrected chi connectivity index (χ4v) is 1.80. The molecule has 16 heavy (non-hydrogen) atoms. The SMILES string of the molecule is COCn1c(CN(C)C)nc2ccccc21. The highest BCUT2D eigenvalue weighted by Crippen LogP contribution is 2.16. The average molecular weight is 219 g/mol. The molecule has 0 aliphatic carbocycles. The summed E-state index contributed by atoms with van der Waals surface area (Å²) in [7, 11) is 5.78. The van der Waals surface area contributed by atoms with Crippen LogP contribution in [0.25, 0.3) is 11.0 Å². The van der Waals surface area contributed by atoms with E-state index in [0.717, 1.165) is 23.4 Å². The van der Waals surface area contributed by atoms with Gasteiger partial charge in [0, 0.05) is 7.11 Å². The Morgan fingerprint density at radius 2 is 2.06 bits per heavy atom. The quantitative estimate of drug-likeness (QED) is 0.784. The molecule has 0 radical (unpaired) electrons. The first kappa shape index (κ1) is 11.1. The van der Waals surface area contributed by atoms with E-state index in [1.165, 1.54) is 0 Å². The van der Waals surface area contributed by atoms with Crippen LogP contribution in [0.1, 0.15) is 5.82 Å². The van der Waals surface area contributed by atoms with Crippen molar-refractivity contribution >= 4 is 11.0 Å². The zero-order chi connectivity index (χ0) is 11.5. The lowest BCUT2D eigenvalue weighted by molar-refractivity contribution is 0.130. The molecule has 4 heteroatoms. The number of rotatable bonds is 4. The van der Waals surface area contributed by atoms with E-state index in [2.05, 4.69) is 20.5 Å². The maximum absolute atomic E-state index is 5.22. The molecule has 0 fully saturated rings. The van der Waals surface area contributed by atoms with Gasteiger partial charge < -0.3 is 14.2 Å². The van der Waals surface area contributed by atoms with Gasteiger partial charge in [0.25, 0.3) is 0 Å². The second kappa shape index (κ2) is 4.63. The van der Waals surface area contributed by atoms with E-state index in [1.54, 1.807) is 7.11 Å². The third-order valence-electron chi connectivity index (χ3n) is 2.45. The van der Waals surface area contributed by atoms with Crippen molar-refractivity contribution in [2.45, 2.75) is 13.3 Å². The zero-order valence-electron chi connectivity index (χ0n) is 9.97. The molecule has 1 aromatic carbocycles. The molecule has 0 atom stereocenters. The molecule has 0 saturated carbocycles. The Hall–Kier alpha value is -1.39. The van der Waals surface area contributed by atoms with E-state index in [4.69, 9.17) is 4.74 Å². The first-order chi connectivity index (χ1) is 7.72. The smallest absolute Gasteiger partial charge is 0.125 e. The number of para-hydroxylation sites is 2. The zero-order valence-corrected chi connectivity index (χ0v) is 9.97. The van der Waals surface area contributed by atoms with Gasteiger partial charge in [-0.3, -0.25) is 0 Å². The summed E-state index contributed by atoms with van der Waals surface area (Å²) in [4.78, 5) is 6.72. The minimum Gasteiger partial charge on any atom is -0.364 e. The minimum atomic E-state index is 0.545. The highest BCUT2D eigenvalue weighted by Gasteiger charge is 2.10. The second-order valence-electron chi connectivity index (χ2n) is 4.10. The molecular formula is C12H17N3O. The Kier molecular flexibility index (Phi) is 3.22. The van der Waals surface area contributed by atoms with Crippen LogP contribution in [0.3, 0.4) is 0 Å². The Bertz CT molecular complexity index is 476. The number of nitrogens with zero attached hydrogens (tertiary/aromatic N) is 3. The number of ether oxygens (including phenoxy) is 1. The van der Waals surface area contributed by atoms with Crippen molar-refractivity contribution in [3.63, 3.8) is 0 Å². The summed E-state index contributed by atoms with van der Waals surface area (Å²) in [5, 5.41) is 0. The maximum atomic E-state index is 5.22. The van der Waals surface area contributed by atoms with E-state index in [0.29, 0.717) is 6.73 Å². The van der Waals surface area contributed by atoms with Crippen LogP contribution < -0.4 is 0 Å².